The SMILES string of the molecule is CC(CCCCCCCCC(C)(C)C)[N-]C(C)CCCCCCCCC(C)(C)C.[Li+]. The van der Waals surface area contributed by atoms with E-state index in [0.717, 1.165) is 0 Å². The number of nitrogens with zero attached hydrogens (tertiary/aromatic N) is 1. The van der Waals surface area contributed by atoms with Crippen molar-refractivity contribution in [3.63, 3.8) is 0 Å². The summed E-state index contributed by atoms with van der Waals surface area (Å²) in [5, 5.41) is 5.03. The molecule has 0 amide bonds. The van der Waals surface area contributed by atoms with Crippen molar-refractivity contribution in [3.05, 3.63) is 5.32 Å². The third kappa shape index (κ3) is 26.6. The normalized spacial score (nSPS) is 14.4. The molecule has 0 aromatic carbocycles. The molecule has 0 bridgehead atoms. The Labute approximate surface area is 204 Å². The van der Waals surface area contributed by atoms with Gasteiger partial charge in [-0.2, -0.15) is 0 Å². The van der Waals surface area contributed by atoms with E-state index in [1.807, 2.05) is 0 Å². The molecule has 0 aliphatic heterocycles. The Morgan fingerprint density at radius 1 is 0.467 bits per heavy atom. The molecule has 0 rings (SSSR count). The largest absolute Gasteiger partial charge is 1.00 e. The van der Waals surface area contributed by atoms with Crippen LogP contribution in [-0.2, 0) is 0 Å². The topological polar surface area (TPSA) is 14.1 Å². The van der Waals surface area contributed by atoms with E-state index in [-0.39, 0.29) is 18.9 Å². The van der Waals surface area contributed by atoms with Crippen molar-refractivity contribution in [1.29, 1.82) is 0 Å². The fourth-order valence-corrected chi connectivity index (χ4v) is 4.19. The predicted molar refractivity (Wildman–Crippen MR) is 135 cm³/mol. The Bertz CT molecular complexity index is 319. The van der Waals surface area contributed by atoms with Gasteiger partial charge in [0.1, 0.15) is 0 Å². The zero-order chi connectivity index (χ0) is 22.2. The standard InChI is InChI=1S/C28H58N.Li/c1-25(21-17-13-9-11-15-19-23-27(3,4)5)29-26(2)22-18-14-10-12-16-20-24-28(6,7)8;/h25-26H,9-24H2,1-8H3;/q-1;+1. The van der Waals surface area contributed by atoms with Gasteiger partial charge in [-0.05, 0) is 23.7 Å². The van der Waals surface area contributed by atoms with E-state index in [4.69, 9.17) is 5.32 Å². The zero-order valence-corrected chi connectivity index (χ0v) is 22.9. The van der Waals surface area contributed by atoms with Crippen LogP contribution >= 0.6 is 0 Å². The quantitative estimate of drug-likeness (QED) is 0.163. The van der Waals surface area contributed by atoms with Gasteiger partial charge in [0, 0.05) is 0 Å². The molecule has 0 aromatic rings. The Morgan fingerprint density at radius 2 is 0.733 bits per heavy atom. The summed E-state index contributed by atoms with van der Waals surface area (Å²) in [7, 11) is 0. The molecule has 2 atom stereocenters. The maximum Gasteiger partial charge on any atom is 1.00 e. The minimum absolute atomic E-state index is 0. The van der Waals surface area contributed by atoms with Crippen LogP contribution in [0.1, 0.15) is 158 Å². The molecule has 0 radical (unpaired) electrons. The summed E-state index contributed by atoms with van der Waals surface area (Å²) < 4.78 is 0. The van der Waals surface area contributed by atoms with E-state index in [2.05, 4.69) is 55.4 Å². The van der Waals surface area contributed by atoms with Gasteiger partial charge in [-0.25, -0.2) is 0 Å². The van der Waals surface area contributed by atoms with Crippen LogP contribution in [-0.4, -0.2) is 12.1 Å². The maximum atomic E-state index is 5.03. The first-order valence-electron chi connectivity index (χ1n) is 13.2. The summed E-state index contributed by atoms with van der Waals surface area (Å²) >= 11 is 0. The van der Waals surface area contributed by atoms with E-state index in [0.29, 0.717) is 22.9 Å². The molecule has 0 spiro atoms. The molecule has 0 fully saturated rings. The molecule has 0 heterocycles. The molecule has 1 nitrogen and oxygen atoms in total. The number of hydrogen-bond acceptors (Lipinski definition) is 0. The molecule has 176 valence electrons. The first-order valence-corrected chi connectivity index (χ1v) is 13.2. The van der Waals surface area contributed by atoms with Crippen molar-refractivity contribution in [1.82, 2.24) is 0 Å². The molecule has 0 aromatic heterocycles. The minimum atomic E-state index is 0. The van der Waals surface area contributed by atoms with Crippen LogP contribution in [0.5, 0.6) is 0 Å². The van der Waals surface area contributed by atoms with Gasteiger partial charge in [0.15, 0.2) is 0 Å². The first-order chi connectivity index (χ1) is 13.5. The van der Waals surface area contributed by atoms with Crippen molar-refractivity contribution >= 4 is 0 Å². The molecule has 0 N–H and O–H groups in total. The van der Waals surface area contributed by atoms with E-state index in [1.54, 1.807) is 0 Å². The minimum Gasteiger partial charge on any atom is -0.657 e. The summed E-state index contributed by atoms with van der Waals surface area (Å²) in [5.41, 5.74) is 1.03. The summed E-state index contributed by atoms with van der Waals surface area (Å²) in [6.07, 6.45) is 22.2. The average molecular weight is 416 g/mol. The number of hydrogen-bond donors (Lipinski definition) is 0. The molecule has 0 saturated carbocycles. The van der Waals surface area contributed by atoms with Crippen LogP contribution in [0.3, 0.4) is 0 Å². The Morgan fingerprint density at radius 3 is 1.03 bits per heavy atom. The van der Waals surface area contributed by atoms with E-state index in [9.17, 15) is 0 Å². The van der Waals surface area contributed by atoms with Gasteiger partial charge in [-0.1, -0.05) is 145 Å². The van der Waals surface area contributed by atoms with Crippen LogP contribution in [0.4, 0.5) is 0 Å². The molecule has 0 aliphatic carbocycles. The number of unbranched alkanes of at least 4 members (excludes halogenated alkanes) is 10. The predicted octanol–water partition coefficient (Wildman–Crippen LogP) is 7.47. The third-order valence-electron chi connectivity index (χ3n) is 6.11. The van der Waals surface area contributed by atoms with Crippen molar-refractivity contribution < 1.29 is 18.9 Å². The molecule has 2 unspecified atom stereocenters. The van der Waals surface area contributed by atoms with Gasteiger partial charge in [0.25, 0.3) is 0 Å². The van der Waals surface area contributed by atoms with E-state index >= 15 is 0 Å². The van der Waals surface area contributed by atoms with E-state index < -0.39 is 0 Å². The van der Waals surface area contributed by atoms with Crippen molar-refractivity contribution in [2.45, 2.75) is 170 Å². The molecule has 2 heteroatoms. The average Bonchev–Trinajstić information content (AvgIpc) is 2.57. The molecule has 30 heavy (non-hydrogen) atoms. The number of rotatable bonds is 18. The molecular formula is C28H58LiN. The van der Waals surface area contributed by atoms with Gasteiger partial charge in [0.05, 0.1) is 0 Å². The molecule has 0 saturated heterocycles. The Kier molecular flexibility index (Phi) is 20.8. The van der Waals surface area contributed by atoms with Gasteiger partial charge < -0.3 is 5.32 Å². The Hall–Kier alpha value is 0.557. The van der Waals surface area contributed by atoms with Gasteiger partial charge in [0.2, 0.25) is 0 Å². The van der Waals surface area contributed by atoms with Crippen LogP contribution in [0.25, 0.3) is 5.32 Å². The van der Waals surface area contributed by atoms with Crippen molar-refractivity contribution in [2.75, 3.05) is 0 Å². The van der Waals surface area contributed by atoms with Gasteiger partial charge in [-0.3, -0.25) is 0 Å². The Balaban J connectivity index is 0. The van der Waals surface area contributed by atoms with Gasteiger partial charge >= 0.3 is 18.9 Å². The van der Waals surface area contributed by atoms with Crippen molar-refractivity contribution in [3.8, 4) is 0 Å². The van der Waals surface area contributed by atoms with Crippen LogP contribution in [0, 0.1) is 10.8 Å². The van der Waals surface area contributed by atoms with Crippen LogP contribution in [0.2, 0.25) is 0 Å². The van der Waals surface area contributed by atoms with Crippen LogP contribution < -0.4 is 18.9 Å². The fraction of sp³-hybridized carbons (Fsp3) is 1.00. The summed E-state index contributed by atoms with van der Waals surface area (Å²) in [6, 6.07) is 1.12. The second-order valence-corrected chi connectivity index (χ2v) is 12.3. The zero-order valence-electron chi connectivity index (χ0n) is 22.9. The second-order valence-electron chi connectivity index (χ2n) is 12.3. The summed E-state index contributed by atoms with van der Waals surface area (Å²) in [4.78, 5) is 0. The van der Waals surface area contributed by atoms with Gasteiger partial charge in [-0.15, -0.1) is 12.1 Å². The monoisotopic (exact) mass is 415 g/mol. The van der Waals surface area contributed by atoms with Crippen molar-refractivity contribution in [2.24, 2.45) is 10.8 Å². The van der Waals surface area contributed by atoms with Crippen LogP contribution in [0.15, 0.2) is 0 Å². The fourth-order valence-electron chi connectivity index (χ4n) is 4.19. The summed E-state index contributed by atoms with van der Waals surface area (Å²) in [5.74, 6) is 0. The van der Waals surface area contributed by atoms with E-state index in [1.165, 1.54) is 103 Å². The second kappa shape index (κ2) is 19.1. The molecular weight excluding hydrogens is 357 g/mol. The summed E-state index contributed by atoms with van der Waals surface area (Å²) in [6.45, 7) is 18.8. The smallest absolute Gasteiger partial charge is 0.657 e. The first kappa shape index (κ1) is 32.7. The molecule has 0 aliphatic rings. The maximum absolute atomic E-state index is 5.03. The third-order valence-corrected chi connectivity index (χ3v) is 6.11.